The van der Waals surface area contributed by atoms with Crippen molar-refractivity contribution in [2.24, 2.45) is 0 Å². The first-order valence-corrected chi connectivity index (χ1v) is 42.4. The summed E-state index contributed by atoms with van der Waals surface area (Å²) in [6.07, 6.45) is 6.27. The summed E-state index contributed by atoms with van der Waals surface area (Å²) >= 11 is 8.81. The van der Waals surface area contributed by atoms with Gasteiger partial charge >= 0.3 is 5.51 Å². The van der Waals surface area contributed by atoms with Crippen molar-refractivity contribution < 1.29 is 67.8 Å². The molecular formula is C78H90ClF4N13O11S4. The zero-order valence-corrected chi connectivity index (χ0v) is 66.0. The Bertz CT molecular complexity index is 4840. The average molecular weight is 1630 g/mol. The molecule has 5 N–H and O–H groups in total. The van der Waals surface area contributed by atoms with Gasteiger partial charge in [0.05, 0.1) is 73.2 Å². The number of likely N-dealkylation sites (tertiary alicyclic amines) is 1. The summed E-state index contributed by atoms with van der Waals surface area (Å²) in [6.45, 7) is 13.8. The molecule has 0 radical (unpaired) electrons. The Kier molecular flexibility index (Phi) is 27.3. The second kappa shape index (κ2) is 36.9. The Morgan fingerprint density at radius 1 is 0.712 bits per heavy atom. The van der Waals surface area contributed by atoms with Crippen LogP contribution in [0.2, 0.25) is 5.02 Å². The monoisotopic (exact) mass is 1620 g/mol. The van der Waals surface area contributed by atoms with Crippen molar-refractivity contribution in [2.75, 3.05) is 129 Å². The molecule has 111 heavy (non-hydrogen) atoms. The minimum absolute atomic E-state index is 0.0366. The number of piperazine rings is 1. The number of rotatable bonds is 36. The van der Waals surface area contributed by atoms with Crippen molar-refractivity contribution in [1.82, 2.24) is 40.0 Å². The van der Waals surface area contributed by atoms with Crippen LogP contribution in [0.3, 0.4) is 0 Å². The largest absolute Gasteiger partial charge is 0.501 e. The van der Waals surface area contributed by atoms with E-state index in [0.29, 0.717) is 147 Å². The molecule has 4 amide bonds. The number of nitrogens with one attached hydrogen (secondary N) is 5. The summed E-state index contributed by atoms with van der Waals surface area (Å²) in [7, 11) is -9.61. The highest BCUT2D eigenvalue weighted by Gasteiger charge is 2.49. The Labute approximate surface area is 657 Å². The van der Waals surface area contributed by atoms with Gasteiger partial charge in [-0.2, -0.15) is 13.2 Å². The van der Waals surface area contributed by atoms with Crippen LogP contribution in [0.15, 0.2) is 159 Å². The van der Waals surface area contributed by atoms with Crippen LogP contribution < -0.4 is 35.8 Å². The smallest absolute Gasteiger partial charge is 0.382 e. The van der Waals surface area contributed by atoms with Gasteiger partial charge in [0.15, 0.2) is 9.84 Å². The molecule has 3 fully saturated rings. The van der Waals surface area contributed by atoms with Crippen LogP contribution in [0.25, 0.3) is 22.4 Å². The minimum atomic E-state index is -5.82. The number of alkyl halides is 3. The van der Waals surface area contributed by atoms with E-state index in [2.05, 4.69) is 51.0 Å². The van der Waals surface area contributed by atoms with Crippen LogP contribution in [-0.4, -0.2) is 197 Å². The molecule has 33 heteroatoms. The van der Waals surface area contributed by atoms with Crippen molar-refractivity contribution in [1.29, 1.82) is 0 Å². The van der Waals surface area contributed by atoms with E-state index in [1.165, 1.54) is 42.3 Å². The lowest BCUT2D eigenvalue weighted by Gasteiger charge is -2.37. The summed E-state index contributed by atoms with van der Waals surface area (Å²) in [4.78, 5) is 58.6. The average Bonchev–Trinajstić information content (AvgIpc) is 1.61. The molecule has 24 nitrogen and oxygen atoms in total. The van der Waals surface area contributed by atoms with Gasteiger partial charge in [0.25, 0.3) is 21.7 Å². The second-order valence-electron chi connectivity index (χ2n) is 27.9. The number of nitrogens with zero attached hydrogens (tertiary/aromatic N) is 8. The number of hydrogen-bond donors (Lipinski definition) is 5. The van der Waals surface area contributed by atoms with Gasteiger partial charge in [-0.05, 0) is 193 Å². The van der Waals surface area contributed by atoms with E-state index in [0.717, 1.165) is 78.0 Å². The number of sulfone groups is 2. The van der Waals surface area contributed by atoms with Gasteiger partial charge in [0.1, 0.15) is 22.4 Å². The van der Waals surface area contributed by atoms with Crippen LogP contribution in [0.1, 0.15) is 90.5 Å². The fourth-order valence-corrected chi connectivity index (χ4v) is 18.4. The number of carbonyl (C=O) groups is 4. The first-order valence-electron chi connectivity index (χ1n) is 36.9. The van der Waals surface area contributed by atoms with Gasteiger partial charge in [-0.25, -0.2) is 21.2 Å². The maximum Gasteiger partial charge on any atom is 0.501 e. The lowest BCUT2D eigenvalue weighted by molar-refractivity contribution is -0.136. The molecule has 6 aromatic carbocycles. The Hall–Kier alpha value is -8.57. The maximum atomic E-state index is 15.9. The first-order chi connectivity index (χ1) is 53.3. The quantitative estimate of drug-likeness (QED) is 0.00802. The van der Waals surface area contributed by atoms with Crippen molar-refractivity contribution in [2.45, 2.75) is 122 Å². The van der Waals surface area contributed by atoms with Gasteiger partial charge < -0.3 is 54.1 Å². The van der Waals surface area contributed by atoms with Crippen LogP contribution in [0.4, 0.5) is 46.0 Å². The van der Waals surface area contributed by atoms with Crippen molar-refractivity contribution in [3.63, 3.8) is 0 Å². The number of imide groups is 2. The molecule has 0 bridgehead atoms. The van der Waals surface area contributed by atoms with Gasteiger partial charge in [0, 0.05) is 131 Å². The molecule has 0 saturated carbocycles. The lowest BCUT2D eigenvalue weighted by atomic mass is 9.99. The maximum absolute atomic E-state index is 15.9. The number of thioether (sulfide) groups is 1. The van der Waals surface area contributed by atoms with Gasteiger partial charge in [-0.1, -0.05) is 53.2 Å². The molecule has 4 aliphatic rings. The fourth-order valence-electron chi connectivity index (χ4n) is 14.4. The lowest BCUT2D eigenvalue weighted by Crippen LogP contribution is -2.54. The second-order valence-corrected chi connectivity index (χ2v) is 34.2. The Balaban J connectivity index is 0.565. The van der Waals surface area contributed by atoms with E-state index in [1.807, 2.05) is 97.4 Å². The van der Waals surface area contributed by atoms with Crippen LogP contribution >= 0.6 is 35.3 Å². The standard InChI is InChI=1S/C78H90ClF4N13O11S4/c1-51(2)95-52(3)74(110(4,101)102)71(73(95)53-14-16-55(79)17-15-53)54-44-56(80)46-62(45-54)93-37-35-92(36-38-93)61-20-18-58(19-21-61)89-109-64-22-23-66(69(47-64)111(103,104)78(81,82)83)86-59(50-108-63-10-6-5-7-11-63)28-34-91-32-26-57(27-33-91)84-29-9-31-94-48-60(88-90-94)49-107-43-42-106-41-40-105-39-30-85-67-13-8-12-65-72(67)77(100)96(76(65)99)68-24-25-70(97)87-75(68)98/h5-8,10-23,44-48,51,57,59,68,84-86,89H,9,24-43,49-50H2,1-4H3,(H,87,97,98)/t59-,68?/m1/s1. The van der Waals surface area contributed by atoms with E-state index in [-0.39, 0.29) is 52.1 Å². The van der Waals surface area contributed by atoms with E-state index >= 15 is 4.39 Å². The SMILES string of the molecule is Cc1c(S(C)(=O)=O)c(-c2cc(F)cc(N3CCN(c4ccc(NSc5ccc(N[C@H](CCN6CCC(NCCCn7cc(COCCOCCOCCNc8cccc9c8C(=O)N(C8CCC(=O)NC8=O)C9=O)nn7)CC6)CSc6ccccc6)c(S(=O)(=O)C(F)(F)F)c5)cc4)CC3)c2)c(-c2ccc(Cl)cc2)n1C(C)C. The topological polar surface area (TPSA) is 273 Å². The van der Waals surface area contributed by atoms with E-state index < -0.39 is 71.6 Å². The fraction of sp³-hybridized carbons (Fsp3) is 0.410. The number of anilines is 5. The highest BCUT2D eigenvalue weighted by molar-refractivity contribution is 8.00. The highest BCUT2D eigenvalue weighted by Crippen LogP contribution is 2.46. The van der Waals surface area contributed by atoms with E-state index in [9.17, 15) is 49.2 Å². The number of benzene rings is 6. The van der Waals surface area contributed by atoms with Crippen LogP contribution in [0, 0.1) is 12.7 Å². The summed E-state index contributed by atoms with van der Waals surface area (Å²) in [5, 5.41) is 21.3. The van der Waals surface area contributed by atoms with E-state index in [4.69, 9.17) is 25.8 Å². The molecule has 0 aliphatic carbocycles. The summed E-state index contributed by atoms with van der Waals surface area (Å²) in [5.41, 5.74) is 0.730. The number of piperidine rings is 2. The molecule has 0 spiro atoms. The summed E-state index contributed by atoms with van der Waals surface area (Å²) in [5.74, 6) is -2.33. The zero-order valence-electron chi connectivity index (χ0n) is 61.9. The normalized spacial score (nSPS) is 16.4. The van der Waals surface area contributed by atoms with Crippen LogP contribution in [0.5, 0.6) is 0 Å². The molecule has 1 unspecified atom stereocenters. The number of hydrogen-bond acceptors (Lipinski definition) is 22. The van der Waals surface area contributed by atoms with Crippen molar-refractivity contribution in [3.05, 3.63) is 173 Å². The minimum Gasteiger partial charge on any atom is -0.382 e. The van der Waals surface area contributed by atoms with Crippen molar-refractivity contribution in [3.8, 4) is 22.4 Å². The Morgan fingerprint density at radius 3 is 2.11 bits per heavy atom. The first kappa shape index (κ1) is 81.9. The molecule has 8 aromatic rings. The van der Waals surface area contributed by atoms with Gasteiger partial charge in [-0.3, -0.25) is 34.1 Å². The third kappa shape index (κ3) is 20.5. The molecule has 2 aromatic heterocycles. The molecule has 4 aliphatic heterocycles. The molecule has 2 atom stereocenters. The predicted octanol–water partition coefficient (Wildman–Crippen LogP) is 12.4. The number of fused-ring (bicyclic) bond motifs is 1. The molecule has 6 heterocycles. The summed E-state index contributed by atoms with van der Waals surface area (Å²) < 4.78 is 138. The van der Waals surface area contributed by atoms with Gasteiger partial charge in [0.2, 0.25) is 11.8 Å². The van der Waals surface area contributed by atoms with Gasteiger partial charge in [-0.15, -0.1) is 16.9 Å². The third-order valence-electron chi connectivity index (χ3n) is 19.8. The third-order valence-corrected chi connectivity index (χ3v) is 24.8. The van der Waals surface area contributed by atoms with Crippen molar-refractivity contribution >= 4 is 107 Å². The molecule has 592 valence electrons. The Morgan fingerprint density at radius 2 is 1.41 bits per heavy atom. The predicted molar refractivity (Wildman–Crippen MR) is 423 cm³/mol. The summed E-state index contributed by atoms with van der Waals surface area (Å²) in [6, 6.07) is 36.6. The highest BCUT2D eigenvalue weighted by atomic mass is 35.5. The molecular weight excluding hydrogens is 1530 g/mol. The number of halogens is 5. The number of aryl methyl sites for hydroxylation is 1. The molecule has 12 rings (SSSR count). The van der Waals surface area contributed by atoms with E-state index in [1.54, 1.807) is 41.9 Å². The molecule has 3 saturated heterocycles. The number of aromatic nitrogens is 4. The number of carbonyl (C=O) groups excluding carboxylic acids is 4. The number of ether oxygens (including phenoxy) is 3. The number of amides is 4. The zero-order chi connectivity index (χ0) is 78.6. The van der Waals surface area contributed by atoms with Crippen LogP contribution in [-0.2, 0) is 56.6 Å².